The molecule has 0 amide bonds. The molecule has 1 N–H and O–H groups in total. The normalized spacial score (nSPS) is 19.8. The summed E-state index contributed by atoms with van der Waals surface area (Å²) in [6, 6.07) is 5.79. The van der Waals surface area contributed by atoms with Gasteiger partial charge in [-0.1, -0.05) is 11.8 Å². The predicted molar refractivity (Wildman–Crippen MR) is 75.8 cm³/mol. The summed E-state index contributed by atoms with van der Waals surface area (Å²) in [5, 5.41) is 1.26. The number of aromatic amines is 1. The van der Waals surface area contributed by atoms with Crippen molar-refractivity contribution in [2.75, 3.05) is 7.11 Å². The number of aromatic nitrogens is 2. The van der Waals surface area contributed by atoms with Crippen LogP contribution in [0.4, 0.5) is 0 Å². The fourth-order valence-electron chi connectivity index (χ4n) is 2.39. The van der Waals surface area contributed by atoms with Crippen molar-refractivity contribution in [1.29, 1.82) is 0 Å². The highest BCUT2D eigenvalue weighted by molar-refractivity contribution is 7.99. The van der Waals surface area contributed by atoms with Crippen LogP contribution in [0.2, 0.25) is 0 Å². The molecular formula is C14H16N2O2S. The van der Waals surface area contributed by atoms with Gasteiger partial charge < -0.3 is 9.72 Å². The monoisotopic (exact) mass is 276 g/mol. The van der Waals surface area contributed by atoms with E-state index in [1.807, 2.05) is 18.2 Å². The molecule has 1 aromatic heterocycles. The minimum absolute atomic E-state index is 0.365. The summed E-state index contributed by atoms with van der Waals surface area (Å²) in [7, 11) is 1.65. The molecule has 0 radical (unpaired) electrons. The van der Waals surface area contributed by atoms with Gasteiger partial charge in [-0.05, 0) is 25.0 Å². The molecule has 4 nitrogen and oxygen atoms in total. The number of methoxy groups -OCH3 is 1. The zero-order chi connectivity index (χ0) is 13.2. The number of H-pyrrole nitrogens is 1. The number of Topliss-reactive ketones (excluding diaryl/α,β-unsaturated/α-hetero) is 1. The van der Waals surface area contributed by atoms with Gasteiger partial charge in [0.05, 0.1) is 18.1 Å². The number of fused-ring (bicyclic) bond motifs is 1. The number of thioether (sulfide) groups is 1. The summed E-state index contributed by atoms with van der Waals surface area (Å²) >= 11 is 1.68. The Bertz CT molecular complexity index is 609. The molecular weight excluding hydrogens is 260 g/mol. The summed E-state index contributed by atoms with van der Waals surface area (Å²) in [6.07, 6.45) is 3.51. The van der Waals surface area contributed by atoms with Crippen LogP contribution in [0.15, 0.2) is 23.4 Å². The molecule has 1 atom stereocenters. The lowest BCUT2D eigenvalue weighted by Gasteiger charge is -2.18. The molecule has 3 rings (SSSR count). The van der Waals surface area contributed by atoms with E-state index in [4.69, 9.17) is 4.74 Å². The van der Waals surface area contributed by atoms with Crippen LogP contribution in [0.25, 0.3) is 11.0 Å². The maximum atomic E-state index is 11.5. The second-order valence-corrected chi connectivity index (χ2v) is 6.09. The smallest absolute Gasteiger partial charge is 0.166 e. The Morgan fingerprint density at radius 2 is 2.37 bits per heavy atom. The van der Waals surface area contributed by atoms with Gasteiger partial charge in [0.25, 0.3) is 0 Å². The fraction of sp³-hybridized carbons (Fsp3) is 0.429. The quantitative estimate of drug-likeness (QED) is 0.935. The molecule has 1 unspecified atom stereocenters. The van der Waals surface area contributed by atoms with Crippen LogP contribution >= 0.6 is 11.8 Å². The maximum Gasteiger partial charge on any atom is 0.166 e. The molecule has 1 aliphatic carbocycles. The average molecular weight is 276 g/mol. The van der Waals surface area contributed by atoms with E-state index in [2.05, 4.69) is 9.97 Å². The Kier molecular flexibility index (Phi) is 3.46. The molecule has 1 aromatic carbocycles. The summed E-state index contributed by atoms with van der Waals surface area (Å²) < 4.78 is 5.20. The number of carbonyl (C=O) groups is 1. The molecule has 0 spiro atoms. The van der Waals surface area contributed by atoms with Crippen LogP contribution in [0.1, 0.15) is 25.7 Å². The largest absolute Gasteiger partial charge is 0.497 e. The Hall–Kier alpha value is -1.49. The van der Waals surface area contributed by atoms with E-state index < -0.39 is 0 Å². The Labute approximate surface area is 115 Å². The van der Waals surface area contributed by atoms with Crippen molar-refractivity contribution in [2.24, 2.45) is 0 Å². The molecule has 1 fully saturated rings. The van der Waals surface area contributed by atoms with E-state index in [0.717, 1.165) is 41.2 Å². The van der Waals surface area contributed by atoms with Gasteiger partial charge in [-0.2, -0.15) is 0 Å². The Morgan fingerprint density at radius 1 is 1.47 bits per heavy atom. The van der Waals surface area contributed by atoms with Crippen molar-refractivity contribution in [3.8, 4) is 5.75 Å². The van der Waals surface area contributed by atoms with Gasteiger partial charge in [-0.3, -0.25) is 4.79 Å². The third-order valence-electron chi connectivity index (χ3n) is 3.38. The zero-order valence-corrected chi connectivity index (χ0v) is 11.6. The predicted octanol–water partition coefficient (Wildman–Crippen LogP) is 3.18. The molecule has 1 saturated carbocycles. The fourth-order valence-corrected chi connectivity index (χ4v) is 3.58. The minimum atomic E-state index is 0.365. The molecule has 19 heavy (non-hydrogen) atoms. The number of ether oxygens (including phenoxy) is 1. The van der Waals surface area contributed by atoms with Crippen LogP contribution in [-0.4, -0.2) is 28.1 Å². The van der Waals surface area contributed by atoms with E-state index in [1.165, 1.54) is 0 Å². The number of hydrogen-bond donors (Lipinski definition) is 1. The molecule has 0 bridgehead atoms. The van der Waals surface area contributed by atoms with Crippen molar-refractivity contribution in [3.63, 3.8) is 0 Å². The highest BCUT2D eigenvalue weighted by Gasteiger charge is 2.21. The first-order valence-electron chi connectivity index (χ1n) is 6.47. The van der Waals surface area contributed by atoms with E-state index in [0.29, 0.717) is 17.5 Å². The molecule has 2 aromatic rings. The van der Waals surface area contributed by atoms with Gasteiger partial charge in [0.2, 0.25) is 0 Å². The molecule has 0 aliphatic heterocycles. The van der Waals surface area contributed by atoms with Crippen LogP contribution in [0.3, 0.4) is 0 Å². The summed E-state index contributed by atoms with van der Waals surface area (Å²) in [6.45, 7) is 0. The van der Waals surface area contributed by atoms with Gasteiger partial charge in [-0.15, -0.1) is 0 Å². The number of benzene rings is 1. The number of hydrogen-bond acceptors (Lipinski definition) is 4. The summed E-state index contributed by atoms with van der Waals surface area (Å²) in [5.74, 6) is 1.20. The van der Waals surface area contributed by atoms with Gasteiger partial charge in [0, 0.05) is 24.2 Å². The second-order valence-electron chi connectivity index (χ2n) is 4.80. The lowest BCUT2D eigenvalue weighted by molar-refractivity contribution is -0.120. The third-order valence-corrected chi connectivity index (χ3v) is 4.53. The topological polar surface area (TPSA) is 55.0 Å². The van der Waals surface area contributed by atoms with Gasteiger partial charge >= 0.3 is 0 Å². The molecule has 5 heteroatoms. The van der Waals surface area contributed by atoms with E-state index in [9.17, 15) is 4.79 Å². The number of nitrogens with one attached hydrogen (secondary N) is 1. The maximum absolute atomic E-state index is 11.5. The van der Waals surface area contributed by atoms with Crippen molar-refractivity contribution >= 4 is 28.6 Å². The van der Waals surface area contributed by atoms with Crippen LogP contribution in [0, 0.1) is 0 Å². The van der Waals surface area contributed by atoms with Gasteiger partial charge in [-0.25, -0.2) is 4.98 Å². The van der Waals surface area contributed by atoms with E-state index >= 15 is 0 Å². The first kappa shape index (κ1) is 12.5. The molecule has 1 heterocycles. The molecule has 100 valence electrons. The second kappa shape index (κ2) is 5.25. The lowest BCUT2D eigenvalue weighted by Crippen LogP contribution is -2.16. The third kappa shape index (κ3) is 2.76. The standard InChI is InChI=1S/C14H16N2O2S/c1-18-10-5-6-12-13(8-10)16-14(15-12)19-11-4-2-3-9(17)7-11/h5-6,8,11H,2-4,7H2,1H3,(H,15,16). The van der Waals surface area contributed by atoms with Crippen molar-refractivity contribution in [1.82, 2.24) is 9.97 Å². The number of imidazole rings is 1. The van der Waals surface area contributed by atoms with Crippen LogP contribution in [0.5, 0.6) is 5.75 Å². The number of ketones is 1. The Morgan fingerprint density at radius 3 is 3.16 bits per heavy atom. The highest BCUT2D eigenvalue weighted by atomic mass is 32.2. The minimum Gasteiger partial charge on any atom is -0.497 e. The zero-order valence-electron chi connectivity index (χ0n) is 10.8. The highest BCUT2D eigenvalue weighted by Crippen LogP contribution is 2.32. The van der Waals surface area contributed by atoms with Crippen molar-refractivity contribution in [2.45, 2.75) is 36.1 Å². The van der Waals surface area contributed by atoms with Gasteiger partial charge in [0.1, 0.15) is 11.5 Å². The average Bonchev–Trinajstić information content (AvgIpc) is 2.79. The Balaban J connectivity index is 1.79. The van der Waals surface area contributed by atoms with Crippen molar-refractivity contribution in [3.05, 3.63) is 18.2 Å². The first-order chi connectivity index (χ1) is 9.24. The lowest BCUT2D eigenvalue weighted by atomic mass is 9.99. The number of rotatable bonds is 3. The van der Waals surface area contributed by atoms with Gasteiger partial charge in [0.15, 0.2) is 5.16 Å². The molecule has 0 saturated heterocycles. The number of nitrogens with zero attached hydrogens (tertiary/aromatic N) is 1. The summed E-state index contributed by atoms with van der Waals surface area (Å²) in [4.78, 5) is 19.3. The van der Waals surface area contributed by atoms with E-state index in [-0.39, 0.29) is 0 Å². The van der Waals surface area contributed by atoms with Crippen molar-refractivity contribution < 1.29 is 9.53 Å². The van der Waals surface area contributed by atoms with Crippen LogP contribution in [-0.2, 0) is 4.79 Å². The van der Waals surface area contributed by atoms with E-state index in [1.54, 1.807) is 18.9 Å². The molecule has 1 aliphatic rings. The number of carbonyl (C=O) groups excluding carboxylic acids is 1. The SMILES string of the molecule is COc1ccc2nc(SC3CCCC(=O)C3)[nH]c2c1. The first-order valence-corrected chi connectivity index (χ1v) is 7.34. The summed E-state index contributed by atoms with van der Waals surface area (Å²) in [5.41, 5.74) is 1.91. The van der Waals surface area contributed by atoms with Crippen LogP contribution < -0.4 is 4.74 Å².